The molecule has 2 heterocycles. The fourth-order valence-electron chi connectivity index (χ4n) is 2.60. The normalized spacial score (nSPS) is 16.9. The summed E-state index contributed by atoms with van der Waals surface area (Å²) in [5.74, 6) is 0.961. The van der Waals surface area contributed by atoms with Gasteiger partial charge in [-0.05, 0) is 24.3 Å². The average molecular weight is 267 g/mol. The Balaban J connectivity index is 1.70. The van der Waals surface area contributed by atoms with E-state index in [2.05, 4.69) is 15.5 Å². The highest BCUT2D eigenvalue weighted by Crippen LogP contribution is 2.37. The molecule has 2 aromatic carbocycles. The van der Waals surface area contributed by atoms with Crippen molar-refractivity contribution in [2.45, 2.75) is 6.04 Å². The van der Waals surface area contributed by atoms with E-state index in [1.54, 1.807) is 12.1 Å². The van der Waals surface area contributed by atoms with Crippen LogP contribution in [0.15, 0.2) is 42.6 Å². The standard InChI is InChI=1S/C15H13N3O2/c19-9-4-5-10-14(8-20-15(10)6-9)17-12-2-1-3-13-11(12)7-16-18-13/h1-7,14,17,19H,8H2,(H,16,18). The van der Waals surface area contributed by atoms with Crippen LogP contribution in [-0.2, 0) is 0 Å². The number of benzene rings is 2. The zero-order chi connectivity index (χ0) is 13.5. The summed E-state index contributed by atoms with van der Waals surface area (Å²) in [6.45, 7) is 0.549. The first-order valence-electron chi connectivity index (χ1n) is 6.45. The molecule has 0 aliphatic carbocycles. The lowest BCUT2D eigenvalue weighted by molar-refractivity contribution is 0.338. The zero-order valence-corrected chi connectivity index (χ0v) is 10.6. The van der Waals surface area contributed by atoms with Crippen LogP contribution in [-0.4, -0.2) is 21.9 Å². The summed E-state index contributed by atoms with van der Waals surface area (Å²) in [5, 5.41) is 21.0. The number of rotatable bonds is 2. The van der Waals surface area contributed by atoms with E-state index in [4.69, 9.17) is 4.74 Å². The number of hydrogen-bond donors (Lipinski definition) is 3. The summed E-state index contributed by atoms with van der Waals surface area (Å²) in [6.07, 6.45) is 1.81. The smallest absolute Gasteiger partial charge is 0.128 e. The van der Waals surface area contributed by atoms with E-state index < -0.39 is 0 Å². The molecule has 4 rings (SSSR count). The Kier molecular flexibility index (Phi) is 2.32. The van der Waals surface area contributed by atoms with Crippen LogP contribution in [0, 0.1) is 0 Å². The van der Waals surface area contributed by atoms with Gasteiger partial charge in [0.25, 0.3) is 0 Å². The second kappa shape index (κ2) is 4.16. The second-order valence-electron chi connectivity index (χ2n) is 4.87. The van der Waals surface area contributed by atoms with Crippen molar-refractivity contribution >= 4 is 16.6 Å². The zero-order valence-electron chi connectivity index (χ0n) is 10.6. The predicted molar refractivity (Wildman–Crippen MR) is 76.1 cm³/mol. The van der Waals surface area contributed by atoms with Gasteiger partial charge in [0.15, 0.2) is 0 Å². The first kappa shape index (κ1) is 11.2. The summed E-state index contributed by atoms with van der Waals surface area (Å²) >= 11 is 0. The maximum absolute atomic E-state index is 9.47. The van der Waals surface area contributed by atoms with Gasteiger partial charge in [-0.1, -0.05) is 6.07 Å². The van der Waals surface area contributed by atoms with Crippen LogP contribution in [0.5, 0.6) is 11.5 Å². The number of aromatic nitrogens is 2. The van der Waals surface area contributed by atoms with Crippen molar-refractivity contribution in [3.8, 4) is 11.5 Å². The number of ether oxygens (including phenoxy) is 1. The maximum atomic E-state index is 9.47. The van der Waals surface area contributed by atoms with Crippen molar-refractivity contribution in [2.24, 2.45) is 0 Å². The molecule has 20 heavy (non-hydrogen) atoms. The van der Waals surface area contributed by atoms with Gasteiger partial charge in [-0.25, -0.2) is 0 Å². The summed E-state index contributed by atoms with van der Waals surface area (Å²) < 4.78 is 5.61. The van der Waals surface area contributed by atoms with Crippen LogP contribution in [0.2, 0.25) is 0 Å². The lowest BCUT2D eigenvalue weighted by atomic mass is 10.1. The molecular weight excluding hydrogens is 254 g/mol. The molecule has 3 N–H and O–H groups in total. The van der Waals surface area contributed by atoms with E-state index in [0.29, 0.717) is 6.61 Å². The molecule has 1 aromatic heterocycles. The van der Waals surface area contributed by atoms with E-state index in [1.165, 1.54) is 0 Å². The van der Waals surface area contributed by atoms with E-state index in [9.17, 15) is 5.11 Å². The van der Waals surface area contributed by atoms with Gasteiger partial charge in [0, 0.05) is 22.7 Å². The molecule has 1 atom stereocenters. The van der Waals surface area contributed by atoms with Crippen molar-refractivity contribution in [1.29, 1.82) is 0 Å². The van der Waals surface area contributed by atoms with Crippen molar-refractivity contribution in [2.75, 3.05) is 11.9 Å². The molecule has 1 unspecified atom stereocenters. The lowest BCUT2D eigenvalue weighted by Gasteiger charge is -2.14. The van der Waals surface area contributed by atoms with E-state index in [0.717, 1.165) is 27.9 Å². The van der Waals surface area contributed by atoms with Gasteiger partial charge < -0.3 is 15.2 Å². The van der Waals surface area contributed by atoms with Crippen molar-refractivity contribution in [1.82, 2.24) is 10.2 Å². The van der Waals surface area contributed by atoms with Crippen molar-refractivity contribution in [3.05, 3.63) is 48.2 Å². The molecule has 100 valence electrons. The largest absolute Gasteiger partial charge is 0.508 e. The molecule has 0 fully saturated rings. The summed E-state index contributed by atoms with van der Waals surface area (Å²) in [6, 6.07) is 11.3. The number of anilines is 1. The SMILES string of the molecule is Oc1ccc2c(c1)OCC2Nc1cccc2[nH]ncc12. The Morgan fingerprint density at radius 3 is 3.20 bits per heavy atom. The molecule has 1 aliphatic heterocycles. The summed E-state index contributed by atoms with van der Waals surface area (Å²) in [7, 11) is 0. The molecule has 0 saturated heterocycles. The van der Waals surface area contributed by atoms with E-state index in [-0.39, 0.29) is 11.8 Å². The van der Waals surface area contributed by atoms with E-state index >= 15 is 0 Å². The van der Waals surface area contributed by atoms with Crippen LogP contribution < -0.4 is 10.1 Å². The number of hydrogen-bond acceptors (Lipinski definition) is 4. The molecule has 5 nitrogen and oxygen atoms in total. The fraction of sp³-hybridized carbons (Fsp3) is 0.133. The highest BCUT2D eigenvalue weighted by atomic mass is 16.5. The molecule has 5 heteroatoms. The topological polar surface area (TPSA) is 70.2 Å². The van der Waals surface area contributed by atoms with Gasteiger partial charge in [-0.2, -0.15) is 5.10 Å². The monoisotopic (exact) mass is 267 g/mol. The summed E-state index contributed by atoms with van der Waals surface area (Å²) in [4.78, 5) is 0. The molecule has 3 aromatic rings. The van der Waals surface area contributed by atoms with Gasteiger partial charge in [-0.3, -0.25) is 5.10 Å². The Hall–Kier alpha value is -2.69. The number of H-pyrrole nitrogens is 1. The second-order valence-corrected chi connectivity index (χ2v) is 4.87. The van der Waals surface area contributed by atoms with Crippen LogP contribution in [0.3, 0.4) is 0 Å². The Labute approximate surface area is 115 Å². The Morgan fingerprint density at radius 1 is 1.30 bits per heavy atom. The molecule has 1 aliphatic rings. The Morgan fingerprint density at radius 2 is 2.25 bits per heavy atom. The molecular formula is C15H13N3O2. The van der Waals surface area contributed by atoms with Crippen LogP contribution in [0.1, 0.15) is 11.6 Å². The average Bonchev–Trinajstić information content (AvgIpc) is 3.06. The number of aromatic hydroxyl groups is 1. The number of fused-ring (bicyclic) bond motifs is 2. The number of aromatic amines is 1. The van der Waals surface area contributed by atoms with Crippen molar-refractivity contribution in [3.63, 3.8) is 0 Å². The molecule has 0 saturated carbocycles. The number of nitrogens with one attached hydrogen (secondary N) is 2. The Bertz CT molecular complexity index is 782. The minimum absolute atomic E-state index is 0.0751. The van der Waals surface area contributed by atoms with Gasteiger partial charge in [0.2, 0.25) is 0 Å². The molecule has 0 spiro atoms. The first-order chi connectivity index (χ1) is 9.81. The predicted octanol–water partition coefficient (Wildman–Crippen LogP) is 2.81. The molecule has 0 amide bonds. The quantitative estimate of drug-likeness (QED) is 0.667. The van der Waals surface area contributed by atoms with Gasteiger partial charge >= 0.3 is 0 Å². The highest BCUT2D eigenvalue weighted by molar-refractivity contribution is 5.91. The summed E-state index contributed by atoms with van der Waals surface area (Å²) in [5.41, 5.74) is 3.08. The first-order valence-corrected chi connectivity index (χ1v) is 6.45. The highest BCUT2D eigenvalue weighted by Gasteiger charge is 2.24. The third-order valence-electron chi connectivity index (χ3n) is 3.59. The number of nitrogens with zero attached hydrogens (tertiary/aromatic N) is 1. The van der Waals surface area contributed by atoms with Crippen LogP contribution in [0.25, 0.3) is 10.9 Å². The van der Waals surface area contributed by atoms with Crippen LogP contribution >= 0.6 is 0 Å². The fourth-order valence-corrected chi connectivity index (χ4v) is 2.60. The number of phenolic OH excluding ortho intramolecular Hbond substituents is 1. The van der Waals surface area contributed by atoms with Crippen molar-refractivity contribution < 1.29 is 9.84 Å². The maximum Gasteiger partial charge on any atom is 0.128 e. The van der Waals surface area contributed by atoms with E-state index in [1.807, 2.05) is 30.5 Å². The number of phenols is 1. The van der Waals surface area contributed by atoms with Gasteiger partial charge in [-0.15, -0.1) is 0 Å². The van der Waals surface area contributed by atoms with Gasteiger partial charge in [0.05, 0.1) is 17.8 Å². The minimum atomic E-state index is 0.0751. The van der Waals surface area contributed by atoms with Gasteiger partial charge in [0.1, 0.15) is 18.1 Å². The third kappa shape index (κ3) is 1.67. The third-order valence-corrected chi connectivity index (χ3v) is 3.59. The lowest BCUT2D eigenvalue weighted by Crippen LogP contribution is -2.11. The molecule has 0 radical (unpaired) electrons. The van der Waals surface area contributed by atoms with Crippen LogP contribution in [0.4, 0.5) is 5.69 Å². The molecule has 0 bridgehead atoms. The minimum Gasteiger partial charge on any atom is -0.508 e.